The van der Waals surface area contributed by atoms with Crippen LogP contribution < -0.4 is 71.6 Å². The molecule has 5 unspecified atom stereocenters. The molecule has 23 heteroatoms. The van der Waals surface area contributed by atoms with Crippen molar-refractivity contribution in [1.82, 2.24) is 37.2 Å². The monoisotopic (exact) mass is 799 g/mol. The van der Waals surface area contributed by atoms with Crippen LogP contribution in [0.1, 0.15) is 78.1 Å². The molecular formula is C33H66N16O7. The predicted octanol–water partition coefficient (Wildman–Crippen LogP) is -4.94. The SMILES string of the molecule is CCC(C)NCC(=O)NC(CCCN=C(N)N)C(=O)NC(CCCN=C(N)N)C(=O)NC(CCCN=C(N)N)C(=O)NCC(=O)NC(CCCCNC)C(=O)O. The summed E-state index contributed by atoms with van der Waals surface area (Å²) in [5.74, 6) is -5.10. The van der Waals surface area contributed by atoms with Gasteiger partial charge in [-0.3, -0.25) is 38.9 Å². The van der Waals surface area contributed by atoms with Crippen LogP contribution in [-0.2, 0) is 28.8 Å². The number of carboxylic acids is 1. The highest BCUT2D eigenvalue weighted by Crippen LogP contribution is 2.07. The van der Waals surface area contributed by atoms with E-state index in [1.54, 1.807) is 7.05 Å². The van der Waals surface area contributed by atoms with Crippen molar-refractivity contribution in [2.75, 3.05) is 46.3 Å². The van der Waals surface area contributed by atoms with Crippen LogP contribution in [0.15, 0.2) is 15.0 Å². The van der Waals surface area contributed by atoms with Gasteiger partial charge in [0.05, 0.1) is 13.1 Å². The molecule has 0 heterocycles. The van der Waals surface area contributed by atoms with Crippen LogP contribution in [0.25, 0.3) is 0 Å². The standard InChI is InChI=1S/C33H66N16O7/c1-4-20(2)44-18-25(50)46-22(12-8-16-42-32(36)37)28(53)49-23(13-9-17-43-33(38)39)29(54)48-21(11-7-15-41-31(34)35)27(52)45-19-26(51)47-24(30(55)56)10-5-6-14-40-3/h20-24,40,44H,4-19H2,1-3H3,(H,45,52)(H,46,50)(H,47,51)(H,48,54)(H,49,53)(H,55,56)(H4,34,35,41)(H4,36,37,42)(H4,38,39,43). The molecule has 0 saturated carbocycles. The lowest BCUT2D eigenvalue weighted by Gasteiger charge is -2.25. The van der Waals surface area contributed by atoms with Crippen LogP contribution in [0.3, 0.4) is 0 Å². The maximum absolute atomic E-state index is 13.8. The Morgan fingerprint density at radius 2 is 0.982 bits per heavy atom. The Morgan fingerprint density at radius 1 is 0.571 bits per heavy atom. The van der Waals surface area contributed by atoms with E-state index in [0.29, 0.717) is 25.8 Å². The predicted molar refractivity (Wildman–Crippen MR) is 214 cm³/mol. The summed E-state index contributed by atoms with van der Waals surface area (Å²) in [5, 5.41) is 28.4. The van der Waals surface area contributed by atoms with Crippen LogP contribution in [0.4, 0.5) is 0 Å². The zero-order valence-corrected chi connectivity index (χ0v) is 32.9. The quantitative estimate of drug-likeness (QED) is 0.0178. The number of hydrogen-bond acceptors (Lipinski definition) is 11. The van der Waals surface area contributed by atoms with Crippen molar-refractivity contribution in [3.63, 3.8) is 0 Å². The molecule has 0 aliphatic rings. The van der Waals surface area contributed by atoms with E-state index in [1.165, 1.54) is 0 Å². The maximum Gasteiger partial charge on any atom is 0.326 e. The molecule has 0 saturated heterocycles. The normalized spacial score (nSPS) is 13.3. The summed E-state index contributed by atoms with van der Waals surface area (Å²) >= 11 is 0. The van der Waals surface area contributed by atoms with Crippen molar-refractivity contribution < 1.29 is 33.9 Å². The molecule has 56 heavy (non-hydrogen) atoms. The van der Waals surface area contributed by atoms with E-state index in [2.05, 4.69) is 52.2 Å². The molecule has 0 radical (unpaired) electrons. The van der Waals surface area contributed by atoms with Gasteiger partial charge in [0.25, 0.3) is 0 Å². The van der Waals surface area contributed by atoms with Gasteiger partial charge in [0.1, 0.15) is 24.2 Å². The average Bonchev–Trinajstić information content (AvgIpc) is 3.13. The van der Waals surface area contributed by atoms with Crippen molar-refractivity contribution in [2.45, 2.75) is 108 Å². The number of carboxylic acid groups (broad SMARTS) is 1. The molecule has 0 rings (SSSR count). The van der Waals surface area contributed by atoms with Crippen LogP contribution in [-0.4, -0.2) is 135 Å². The molecule has 20 N–H and O–H groups in total. The minimum atomic E-state index is -1.24. The van der Waals surface area contributed by atoms with E-state index in [-0.39, 0.29) is 88.6 Å². The van der Waals surface area contributed by atoms with Gasteiger partial charge in [-0.05, 0) is 84.7 Å². The van der Waals surface area contributed by atoms with Crippen LogP contribution >= 0.6 is 0 Å². The Hall–Kier alpha value is -5.45. The third-order valence-electron chi connectivity index (χ3n) is 8.20. The largest absolute Gasteiger partial charge is 0.480 e. The first-order valence-electron chi connectivity index (χ1n) is 18.7. The molecular weight excluding hydrogens is 732 g/mol. The first-order chi connectivity index (χ1) is 26.5. The molecule has 0 aliphatic carbocycles. The lowest BCUT2D eigenvalue weighted by atomic mass is 10.1. The van der Waals surface area contributed by atoms with Crippen molar-refractivity contribution in [2.24, 2.45) is 49.4 Å². The number of carbonyl (C=O) groups excluding carboxylic acids is 5. The fraction of sp³-hybridized carbons (Fsp3) is 0.727. The zero-order valence-electron chi connectivity index (χ0n) is 32.9. The molecule has 5 amide bonds. The number of unbranched alkanes of at least 4 members (excludes halogenated alkanes) is 1. The number of hydrogen-bond donors (Lipinski definition) is 14. The highest BCUT2D eigenvalue weighted by molar-refractivity contribution is 5.95. The van der Waals surface area contributed by atoms with Crippen LogP contribution in [0.2, 0.25) is 0 Å². The summed E-state index contributed by atoms with van der Waals surface area (Å²) in [4.78, 5) is 89.8. The third kappa shape index (κ3) is 25.5. The molecule has 0 fully saturated rings. The number of guanidine groups is 3. The number of nitrogens with two attached hydrogens (primary N) is 6. The average molecular weight is 799 g/mol. The van der Waals surface area contributed by atoms with Crippen LogP contribution in [0.5, 0.6) is 0 Å². The number of carbonyl (C=O) groups is 6. The lowest BCUT2D eigenvalue weighted by molar-refractivity contribution is -0.142. The Bertz CT molecular complexity index is 1320. The van der Waals surface area contributed by atoms with Gasteiger partial charge >= 0.3 is 5.97 Å². The van der Waals surface area contributed by atoms with E-state index in [9.17, 15) is 33.9 Å². The second-order valence-electron chi connectivity index (χ2n) is 13.1. The molecule has 0 aliphatic heterocycles. The van der Waals surface area contributed by atoms with Gasteiger partial charge in [-0.2, -0.15) is 0 Å². The summed E-state index contributed by atoms with van der Waals surface area (Å²) in [6.45, 7) is 4.32. The number of aliphatic imine (C=N–C) groups is 3. The van der Waals surface area contributed by atoms with Gasteiger partial charge in [-0.1, -0.05) is 6.92 Å². The number of nitrogens with one attached hydrogen (secondary N) is 7. The molecule has 23 nitrogen and oxygen atoms in total. The Balaban J connectivity index is 6.12. The number of amides is 5. The summed E-state index contributed by atoms with van der Waals surface area (Å²) in [6.07, 6.45) is 3.13. The summed E-state index contributed by atoms with van der Waals surface area (Å²) in [7, 11) is 1.77. The summed E-state index contributed by atoms with van der Waals surface area (Å²) < 4.78 is 0. The van der Waals surface area contributed by atoms with E-state index in [0.717, 1.165) is 6.42 Å². The van der Waals surface area contributed by atoms with Gasteiger partial charge in [-0.25, -0.2) is 4.79 Å². The minimum absolute atomic E-state index is 0.0144. The molecule has 5 atom stereocenters. The number of rotatable bonds is 31. The van der Waals surface area contributed by atoms with E-state index in [1.807, 2.05) is 13.8 Å². The molecule has 320 valence electrons. The van der Waals surface area contributed by atoms with Gasteiger partial charge in [0.2, 0.25) is 29.5 Å². The van der Waals surface area contributed by atoms with Gasteiger partial charge in [0, 0.05) is 25.7 Å². The Morgan fingerprint density at radius 3 is 1.41 bits per heavy atom. The minimum Gasteiger partial charge on any atom is -0.480 e. The Labute approximate surface area is 328 Å². The zero-order chi connectivity index (χ0) is 42.5. The summed E-state index contributed by atoms with van der Waals surface area (Å²) in [6, 6.07) is -4.67. The van der Waals surface area contributed by atoms with Gasteiger partial charge < -0.3 is 76.7 Å². The first kappa shape index (κ1) is 50.5. The highest BCUT2D eigenvalue weighted by atomic mass is 16.4. The smallest absolute Gasteiger partial charge is 0.326 e. The topological polar surface area (TPSA) is 400 Å². The van der Waals surface area contributed by atoms with E-state index >= 15 is 0 Å². The van der Waals surface area contributed by atoms with Gasteiger partial charge in [0.15, 0.2) is 17.9 Å². The molecule has 0 spiro atoms. The fourth-order valence-corrected chi connectivity index (χ4v) is 4.96. The highest BCUT2D eigenvalue weighted by Gasteiger charge is 2.30. The molecule has 0 aromatic heterocycles. The van der Waals surface area contributed by atoms with Crippen molar-refractivity contribution in [3.8, 4) is 0 Å². The number of nitrogens with zero attached hydrogens (tertiary/aromatic N) is 3. The Kier molecular flexibility index (Phi) is 26.9. The summed E-state index contributed by atoms with van der Waals surface area (Å²) in [5.41, 5.74) is 32.6. The van der Waals surface area contributed by atoms with Crippen LogP contribution in [0, 0.1) is 0 Å². The second-order valence-corrected chi connectivity index (χ2v) is 13.1. The van der Waals surface area contributed by atoms with E-state index in [4.69, 9.17) is 34.4 Å². The fourth-order valence-electron chi connectivity index (χ4n) is 4.96. The molecule has 0 bridgehead atoms. The third-order valence-corrected chi connectivity index (χ3v) is 8.20. The number of aliphatic carboxylic acids is 1. The lowest BCUT2D eigenvalue weighted by Crippen LogP contribution is -2.57. The van der Waals surface area contributed by atoms with Crippen molar-refractivity contribution in [1.29, 1.82) is 0 Å². The van der Waals surface area contributed by atoms with E-state index < -0.39 is 66.2 Å². The maximum atomic E-state index is 13.8. The first-order valence-corrected chi connectivity index (χ1v) is 18.7. The van der Waals surface area contributed by atoms with Crippen molar-refractivity contribution >= 4 is 53.4 Å². The second kappa shape index (κ2) is 29.9. The van der Waals surface area contributed by atoms with Crippen molar-refractivity contribution in [3.05, 3.63) is 0 Å². The molecule has 0 aromatic rings. The van der Waals surface area contributed by atoms with Gasteiger partial charge in [-0.15, -0.1) is 0 Å². The molecule has 0 aromatic carbocycles.